The normalized spacial score (nSPS) is 10.4. The van der Waals surface area contributed by atoms with E-state index in [1.807, 2.05) is 13.0 Å². The first-order chi connectivity index (χ1) is 7.59. The molecule has 0 unspecified atom stereocenters. The van der Waals surface area contributed by atoms with Crippen LogP contribution in [0.5, 0.6) is 0 Å². The molecule has 0 atom stereocenters. The lowest BCUT2D eigenvalue weighted by Crippen LogP contribution is -1.95. The van der Waals surface area contributed by atoms with Crippen LogP contribution in [-0.4, -0.2) is 4.98 Å². The molecule has 2 aromatic rings. The monoisotopic (exact) mass is 280 g/mol. The molecule has 0 bridgehead atoms. The lowest BCUT2D eigenvalue weighted by molar-refractivity contribution is 0.624. The number of nitrogens with two attached hydrogens (primary N) is 1. The smallest absolute Gasteiger partial charge is 0.145 e. The molecule has 0 saturated carbocycles. The van der Waals surface area contributed by atoms with Crippen molar-refractivity contribution in [2.75, 3.05) is 5.73 Å². The van der Waals surface area contributed by atoms with Gasteiger partial charge >= 0.3 is 0 Å². The highest BCUT2D eigenvalue weighted by molar-refractivity contribution is 9.10. The van der Waals surface area contributed by atoms with Crippen molar-refractivity contribution in [3.05, 3.63) is 46.3 Å². The number of halogens is 2. The summed E-state index contributed by atoms with van der Waals surface area (Å²) in [6.07, 6.45) is 1.58. The van der Waals surface area contributed by atoms with Gasteiger partial charge in [0, 0.05) is 17.3 Å². The van der Waals surface area contributed by atoms with Gasteiger partial charge in [0.2, 0.25) is 0 Å². The lowest BCUT2D eigenvalue weighted by Gasteiger charge is -2.06. The highest BCUT2D eigenvalue weighted by Crippen LogP contribution is 2.28. The number of pyridine rings is 1. The molecule has 2 rings (SSSR count). The number of aryl methyl sites for hydroxylation is 1. The third-order valence-corrected chi connectivity index (χ3v) is 2.99. The number of anilines is 1. The summed E-state index contributed by atoms with van der Waals surface area (Å²) in [6, 6.07) is 6.99. The predicted molar refractivity (Wildman–Crippen MR) is 66.5 cm³/mol. The van der Waals surface area contributed by atoms with Gasteiger partial charge in [-0.1, -0.05) is 12.1 Å². The molecule has 0 aliphatic carbocycles. The summed E-state index contributed by atoms with van der Waals surface area (Å²) in [7, 11) is 0. The second kappa shape index (κ2) is 4.22. The summed E-state index contributed by atoms with van der Waals surface area (Å²) >= 11 is 3.16. The Morgan fingerprint density at radius 1 is 1.38 bits per heavy atom. The molecule has 0 amide bonds. The van der Waals surface area contributed by atoms with Gasteiger partial charge < -0.3 is 5.73 Å². The SMILES string of the molecule is Cc1cc(-c2cccc(Br)c2F)cnc1N. The molecule has 2 nitrogen and oxygen atoms in total. The molecule has 1 aromatic heterocycles. The molecule has 0 radical (unpaired) electrons. The zero-order chi connectivity index (χ0) is 11.7. The van der Waals surface area contributed by atoms with Crippen molar-refractivity contribution in [2.24, 2.45) is 0 Å². The van der Waals surface area contributed by atoms with E-state index in [1.54, 1.807) is 24.4 Å². The van der Waals surface area contributed by atoms with Crippen molar-refractivity contribution in [3.63, 3.8) is 0 Å². The van der Waals surface area contributed by atoms with Crippen LogP contribution in [0.25, 0.3) is 11.1 Å². The van der Waals surface area contributed by atoms with E-state index < -0.39 is 0 Å². The van der Waals surface area contributed by atoms with E-state index in [9.17, 15) is 4.39 Å². The average molecular weight is 281 g/mol. The quantitative estimate of drug-likeness (QED) is 0.868. The first kappa shape index (κ1) is 11.1. The second-order valence-electron chi connectivity index (χ2n) is 3.53. The van der Waals surface area contributed by atoms with Gasteiger partial charge in [-0.25, -0.2) is 9.37 Å². The number of nitrogens with zero attached hydrogens (tertiary/aromatic N) is 1. The fourth-order valence-electron chi connectivity index (χ4n) is 1.46. The number of nitrogen functional groups attached to an aromatic ring is 1. The van der Waals surface area contributed by atoms with Crippen molar-refractivity contribution in [1.82, 2.24) is 4.98 Å². The Labute approximate surface area is 101 Å². The van der Waals surface area contributed by atoms with E-state index >= 15 is 0 Å². The summed E-state index contributed by atoms with van der Waals surface area (Å²) in [6.45, 7) is 1.85. The van der Waals surface area contributed by atoms with Gasteiger partial charge in [-0.05, 0) is 40.5 Å². The Balaban J connectivity index is 2.59. The molecular weight excluding hydrogens is 271 g/mol. The molecule has 0 aliphatic heterocycles. The third kappa shape index (κ3) is 1.93. The van der Waals surface area contributed by atoms with Crippen molar-refractivity contribution in [3.8, 4) is 11.1 Å². The maximum Gasteiger partial charge on any atom is 0.145 e. The van der Waals surface area contributed by atoms with Gasteiger partial charge in [0.05, 0.1) is 4.47 Å². The van der Waals surface area contributed by atoms with Crippen LogP contribution in [0, 0.1) is 12.7 Å². The van der Waals surface area contributed by atoms with Gasteiger partial charge in [0.1, 0.15) is 11.6 Å². The highest BCUT2D eigenvalue weighted by atomic mass is 79.9. The van der Waals surface area contributed by atoms with Crippen molar-refractivity contribution >= 4 is 21.7 Å². The average Bonchev–Trinajstić information content (AvgIpc) is 2.26. The van der Waals surface area contributed by atoms with Crippen LogP contribution in [0.4, 0.5) is 10.2 Å². The number of rotatable bonds is 1. The molecule has 0 fully saturated rings. The Morgan fingerprint density at radius 2 is 2.12 bits per heavy atom. The van der Waals surface area contributed by atoms with Crippen LogP contribution in [0.2, 0.25) is 0 Å². The zero-order valence-corrected chi connectivity index (χ0v) is 10.3. The maximum atomic E-state index is 13.8. The molecule has 4 heteroatoms. The third-order valence-electron chi connectivity index (χ3n) is 2.38. The van der Waals surface area contributed by atoms with E-state index in [0.717, 1.165) is 11.1 Å². The maximum absolute atomic E-state index is 13.8. The number of aromatic nitrogens is 1. The van der Waals surface area contributed by atoms with Crippen LogP contribution in [-0.2, 0) is 0 Å². The van der Waals surface area contributed by atoms with Crippen LogP contribution < -0.4 is 5.73 Å². The van der Waals surface area contributed by atoms with Gasteiger partial charge in [0.25, 0.3) is 0 Å². The summed E-state index contributed by atoms with van der Waals surface area (Å²) in [5, 5.41) is 0. The largest absolute Gasteiger partial charge is 0.383 e. The van der Waals surface area contributed by atoms with Gasteiger partial charge in [-0.15, -0.1) is 0 Å². The zero-order valence-electron chi connectivity index (χ0n) is 8.67. The first-order valence-corrected chi connectivity index (χ1v) is 5.55. The number of benzene rings is 1. The molecule has 82 valence electrons. The predicted octanol–water partition coefficient (Wildman–Crippen LogP) is 3.54. The molecule has 1 aromatic carbocycles. The molecular formula is C12H10BrFN2. The van der Waals surface area contributed by atoms with E-state index in [1.165, 1.54) is 0 Å². The minimum absolute atomic E-state index is 0.284. The second-order valence-corrected chi connectivity index (χ2v) is 4.38. The molecule has 1 heterocycles. The van der Waals surface area contributed by atoms with Crippen LogP contribution in [0.1, 0.15) is 5.56 Å². The standard InChI is InChI=1S/C12H10BrFN2/c1-7-5-8(6-16-12(7)15)9-3-2-4-10(13)11(9)14/h2-6H,1H3,(H2,15,16). The summed E-state index contributed by atoms with van der Waals surface area (Å²) in [4.78, 5) is 4.02. The molecule has 16 heavy (non-hydrogen) atoms. The van der Waals surface area contributed by atoms with E-state index in [0.29, 0.717) is 15.9 Å². The van der Waals surface area contributed by atoms with Gasteiger partial charge in [-0.3, -0.25) is 0 Å². The fourth-order valence-corrected chi connectivity index (χ4v) is 1.83. The van der Waals surface area contributed by atoms with Crippen LogP contribution in [0.15, 0.2) is 34.9 Å². The van der Waals surface area contributed by atoms with Gasteiger partial charge in [0.15, 0.2) is 0 Å². The fraction of sp³-hybridized carbons (Fsp3) is 0.0833. The topological polar surface area (TPSA) is 38.9 Å². The van der Waals surface area contributed by atoms with Crippen LogP contribution in [0.3, 0.4) is 0 Å². The summed E-state index contributed by atoms with van der Waals surface area (Å²) in [5.41, 5.74) is 7.71. The molecule has 0 spiro atoms. The summed E-state index contributed by atoms with van der Waals surface area (Å²) < 4.78 is 14.3. The van der Waals surface area contributed by atoms with Crippen molar-refractivity contribution < 1.29 is 4.39 Å². The Bertz CT molecular complexity index is 541. The Morgan fingerprint density at radius 3 is 2.81 bits per heavy atom. The number of hydrogen-bond donors (Lipinski definition) is 1. The van der Waals surface area contributed by atoms with Gasteiger partial charge in [-0.2, -0.15) is 0 Å². The molecule has 0 aliphatic rings. The van der Waals surface area contributed by atoms with E-state index in [-0.39, 0.29) is 5.82 Å². The lowest BCUT2D eigenvalue weighted by atomic mass is 10.1. The first-order valence-electron chi connectivity index (χ1n) is 4.76. The van der Waals surface area contributed by atoms with Crippen LogP contribution >= 0.6 is 15.9 Å². The Kier molecular flexibility index (Phi) is 2.92. The highest BCUT2D eigenvalue weighted by Gasteiger charge is 2.09. The molecule has 0 saturated heterocycles. The van der Waals surface area contributed by atoms with Crippen molar-refractivity contribution in [2.45, 2.75) is 6.92 Å². The van der Waals surface area contributed by atoms with Crippen molar-refractivity contribution in [1.29, 1.82) is 0 Å². The minimum Gasteiger partial charge on any atom is -0.383 e. The minimum atomic E-state index is -0.284. The molecule has 2 N–H and O–H groups in total. The van der Waals surface area contributed by atoms with E-state index in [2.05, 4.69) is 20.9 Å². The summed E-state index contributed by atoms with van der Waals surface area (Å²) in [5.74, 6) is 0.188. The Hall–Kier alpha value is -1.42. The number of hydrogen-bond acceptors (Lipinski definition) is 2. The van der Waals surface area contributed by atoms with E-state index in [4.69, 9.17) is 5.73 Å².